The number of hydrogen-bond donors (Lipinski definition) is 1. The molecule has 76 valence electrons. The smallest absolute Gasteiger partial charge is 0.0486 e. The van der Waals surface area contributed by atoms with Gasteiger partial charge in [-0.15, -0.1) is 0 Å². The quantitative estimate of drug-likeness (QED) is 0.730. The van der Waals surface area contributed by atoms with Gasteiger partial charge in [-0.25, -0.2) is 0 Å². The van der Waals surface area contributed by atoms with Crippen molar-refractivity contribution in [1.29, 1.82) is 0 Å². The van der Waals surface area contributed by atoms with Crippen molar-refractivity contribution in [2.45, 2.75) is 25.3 Å². The fourth-order valence-corrected chi connectivity index (χ4v) is 1.99. The van der Waals surface area contributed by atoms with Crippen LogP contribution in [0, 0.1) is 6.92 Å². The molecule has 1 aliphatic rings. The average molecular weight is 192 g/mol. The van der Waals surface area contributed by atoms with Gasteiger partial charge in [0.05, 0.1) is 0 Å². The second-order valence-corrected chi connectivity index (χ2v) is 3.96. The third-order valence-corrected chi connectivity index (χ3v) is 2.96. The molecule has 2 rings (SSSR count). The SMILES string of the molecule is Cc1ccncc1C1(N)CCOCC1. The molecule has 0 aliphatic carbocycles. The van der Waals surface area contributed by atoms with Gasteiger partial charge in [0.1, 0.15) is 0 Å². The molecule has 2 heterocycles. The van der Waals surface area contributed by atoms with Crippen LogP contribution in [0.5, 0.6) is 0 Å². The standard InChI is InChI=1S/C11H16N2O/c1-9-2-5-13-8-10(9)11(12)3-6-14-7-4-11/h2,5,8H,3-4,6-7,12H2,1H3. The molecule has 0 radical (unpaired) electrons. The minimum absolute atomic E-state index is 0.226. The van der Waals surface area contributed by atoms with E-state index in [-0.39, 0.29) is 5.54 Å². The number of hydrogen-bond acceptors (Lipinski definition) is 3. The second kappa shape index (κ2) is 3.67. The number of aromatic nitrogens is 1. The summed E-state index contributed by atoms with van der Waals surface area (Å²) in [5.74, 6) is 0. The van der Waals surface area contributed by atoms with Crippen molar-refractivity contribution in [1.82, 2.24) is 4.98 Å². The molecule has 0 bridgehead atoms. The highest BCUT2D eigenvalue weighted by molar-refractivity contribution is 5.29. The highest BCUT2D eigenvalue weighted by atomic mass is 16.5. The minimum atomic E-state index is -0.226. The molecule has 14 heavy (non-hydrogen) atoms. The van der Waals surface area contributed by atoms with E-state index in [9.17, 15) is 0 Å². The highest BCUT2D eigenvalue weighted by Crippen LogP contribution is 2.30. The van der Waals surface area contributed by atoms with Crippen LogP contribution in [-0.4, -0.2) is 18.2 Å². The minimum Gasteiger partial charge on any atom is -0.381 e. The van der Waals surface area contributed by atoms with Gasteiger partial charge < -0.3 is 10.5 Å². The topological polar surface area (TPSA) is 48.1 Å². The van der Waals surface area contributed by atoms with Gasteiger partial charge in [0.15, 0.2) is 0 Å². The van der Waals surface area contributed by atoms with Crippen LogP contribution in [0.1, 0.15) is 24.0 Å². The summed E-state index contributed by atoms with van der Waals surface area (Å²) in [6.45, 7) is 3.59. The molecule has 0 amide bonds. The molecule has 0 aromatic carbocycles. The molecule has 3 nitrogen and oxygen atoms in total. The van der Waals surface area contributed by atoms with Crippen LogP contribution in [0.2, 0.25) is 0 Å². The Kier molecular flexibility index (Phi) is 2.52. The Labute approximate surface area is 84.3 Å². The lowest BCUT2D eigenvalue weighted by atomic mass is 9.82. The largest absolute Gasteiger partial charge is 0.381 e. The monoisotopic (exact) mass is 192 g/mol. The zero-order valence-electron chi connectivity index (χ0n) is 8.49. The molecule has 3 heteroatoms. The molecule has 1 aromatic heterocycles. The first-order chi connectivity index (χ1) is 6.72. The lowest BCUT2D eigenvalue weighted by Crippen LogP contribution is -2.42. The zero-order chi connectivity index (χ0) is 10.0. The molecule has 1 aromatic rings. The number of aryl methyl sites for hydroxylation is 1. The van der Waals surface area contributed by atoms with E-state index in [1.54, 1.807) is 0 Å². The summed E-state index contributed by atoms with van der Waals surface area (Å²) in [4.78, 5) is 4.15. The van der Waals surface area contributed by atoms with E-state index in [0.717, 1.165) is 26.1 Å². The predicted molar refractivity (Wildman–Crippen MR) is 54.9 cm³/mol. The summed E-state index contributed by atoms with van der Waals surface area (Å²) in [6, 6.07) is 2.01. The molecule has 0 unspecified atom stereocenters. The number of nitrogens with zero attached hydrogens (tertiary/aromatic N) is 1. The second-order valence-electron chi connectivity index (χ2n) is 3.96. The van der Waals surface area contributed by atoms with E-state index < -0.39 is 0 Å². The molecule has 1 saturated heterocycles. The van der Waals surface area contributed by atoms with Crippen molar-refractivity contribution in [3.63, 3.8) is 0 Å². The fraction of sp³-hybridized carbons (Fsp3) is 0.545. The molecule has 1 fully saturated rings. The van der Waals surface area contributed by atoms with Crippen molar-refractivity contribution in [3.8, 4) is 0 Å². The van der Waals surface area contributed by atoms with Crippen LogP contribution in [0.3, 0.4) is 0 Å². The van der Waals surface area contributed by atoms with Crippen LogP contribution in [0.4, 0.5) is 0 Å². The summed E-state index contributed by atoms with van der Waals surface area (Å²) >= 11 is 0. The molecule has 1 aliphatic heterocycles. The highest BCUT2D eigenvalue weighted by Gasteiger charge is 2.31. The van der Waals surface area contributed by atoms with E-state index in [1.165, 1.54) is 11.1 Å². The van der Waals surface area contributed by atoms with Gasteiger partial charge in [-0.2, -0.15) is 0 Å². The lowest BCUT2D eigenvalue weighted by Gasteiger charge is -2.34. The number of ether oxygens (including phenoxy) is 1. The number of rotatable bonds is 1. The fourth-order valence-electron chi connectivity index (χ4n) is 1.99. The summed E-state index contributed by atoms with van der Waals surface area (Å²) in [6.07, 6.45) is 5.47. The maximum Gasteiger partial charge on any atom is 0.0486 e. The predicted octanol–water partition coefficient (Wildman–Crippen LogP) is 1.35. The van der Waals surface area contributed by atoms with Crippen LogP contribution in [0.15, 0.2) is 18.5 Å². The molecule has 0 spiro atoms. The van der Waals surface area contributed by atoms with E-state index in [0.29, 0.717) is 0 Å². The summed E-state index contributed by atoms with van der Waals surface area (Å²) in [5, 5.41) is 0. The Morgan fingerprint density at radius 2 is 2.14 bits per heavy atom. The summed E-state index contributed by atoms with van der Waals surface area (Å²) < 4.78 is 5.33. The van der Waals surface area contributed by atoms with Gasteiger partial charge in [0.25, 0.3) is 0 Å². The lowest BCUT2D eigenvalue weighted by molar-refractivity contribution is 0.0519. The molecule has 0 saturated carbocycles. The summed E-state index contributed by atoms with van der Waals surface area (Å²) in [5.41, 5.74) is 8.53. The molecule has 2 N–H and O–H groups in total. The Morgan fingerprint density at radius 1 is 1.43 bits per heavy atom. The Hall–Kier alpha value is -0.930. The van der Waals surface area contributed by atoms with Crippen molar-refractivity contribution >= 4 is 0 Å². The number of nitrogens with two attached hydrogens (primary N) is 1. The van der Waals surface area contributed by atoms with Crippen molar-refractivity contribution in [2.24, 2.45) is 5.73 Å². The first kappa shape index (κ1) is 9.62. The first-order valence-corrected chi connectivity index (χ1v) is 5.00. The Bertz CT molecular complexity index is 319. The number of pyridine rings is 1. The van der Waals surface area contributed by atoms with Crippen molar-refractivity contribution in [3.05, 3.63) is 29.6 Å². The van der Waals surface area contributed by atoms with Crippen LogP contribution in [-0.2, 0) is 10.3 Å². The molecular weight excluding hydrogens is 176 g/mol. The van der Waals surface area contributed by atoms with Crippen LogP contribution < -0.4 is 5.73 Å². The van der Waals surface area contributed by atoms with E-state index in [2.05, 4.69) is 11.9 Å². The van der Waals surface area contributed by atoms with Gasteiger partial charge in [-0.05, 0) is 37.0 Å². The van der Waals surface area contributed by atoms with Gasteiger partial charge in [-0.3, -0.25) is 4.98 Å². The average Bonchev–Trinajstić information content (AvgIpc) is 2.19. The normalized spacial score (nSPS) is 20.7. The van der Waals surface area contributed by atoms with E-state index in [4.69, 9.17) is 10.5 Å². The van der Waals surface area contributed by atoms with Crippen LogP contribution >= 0.6 is 0 Å². The molecular formula is C11H16N2O. The zero-order valence-corrected chi connectivity index (χ0v) is 8.49. The van der Waals surface area contributed by atoms with Crippen molar-refractivity contribution in [2.75, 3.05) is 13.2 Å². The van der Waals surface area contributed by atoms with Gasteiger partial charge in [0.2, 0.25) is 0 Å². The third-order valence-electron chi connectivity index (χ3n) is 2.96. The summed E-state index contributed by atoms with van der Waals surface area (Å²) in [7, 11) is 0. The van der Waals surface area contributed by atoms with Gasteiger partial charge in [0, 0.05) is 31.1 Å². The first-order valence-electron chi connectivity index (χ1n) is 5.00. The molecule has 0 atom stereocenters. The Balaban J connectivity index is 2.32. The maximum atomic E-state index is 6.36. The van der Waals surface area contributed by atoms with E-state index in [1.807, 2.05) is 18.5 Å². The van der Waals surface area contributed by atoms with Crippen LogP contribution in [0.25, 0.3) is 0 Å². The Morgan fingerprint density at radius 3 is 2.79 bits per heavy atom. The van der Waals surface area contributed by atoms with Gasteiger partial charge >= 0.3 is 0 Å². The van der Waals surface area contributed by atoms with E-state index >= 15 is 0 Å². The maximum absolute atomic E-state index is 6.36. The third kappa shape index (κ3) is 1.65. The van der Waals surface area contributed by atoms with Gasteiger partial charge in [-0.1, -0.05) is 0 Å². The van der Waals surface area contributed by atoms with Crippen molar-refractivity contribution < 1.29 is 4.74 Å².